The number of nitrogens with one attached hydrogen (secondary N) is 1. The standard InChI is InChI=1S/C23H24N2O4S/c24-20(26)18-15-10-9-11-3-1-2-4-14(11)19(15)30-22(18)25-21(27)16-12-5-7-13(8-6-12)17(16)23(28)29/h1-4,12-13,16-17H,5-10H2,(H2,24,26)(H,25,27)(H,28,29)/t12?,13?,16-,17-/m1/s1. The van der Waals surface area contributed by atoms with Crippen LogP contribution in [0.5, 0.6) is 0 Å². The summed E-state index contributed by atoms with van der Waals surface area (Å²) in [6.45, 7) is 0. The molecule has 2 amide bonds. The van der Waals surface area contributed by atoms with Gasteiger partial charge in [-0.05, 0) is 67.1 Å². The van der Waals surface area contributed by atoms with Crippen molar-refractivity contribution in [2.45, 2.75) is 38.5 Å². The molecule has 4 aliphatic carbocycles. The smallest absolute Gasteiger partial charge is 0.307 e. The number of hydrogen-bond donors (Lipinski definition) is 3. The summed E-state index contributed by atoms with van der Waals surface area (Å²) in [6.07, 6.45) is 5.06. The molecule has 0 saturated heterocycles. The minimum atomic E-state index is -0.890. The van der Waals surface area contributed by atoms with E-state index in [1.54, 1.807) is 0 Å². The maximum Gasteiger partial charge on any atom is 0.307 e. The molecule has 0 spiro atoms. The highest BCUT2D eigenvalue weighted by atomic mass is 32.1. The van der Waals surface area contributed by atoms with E-state index in [-0.39, 0.29) is 17.7 Å². The number of carbonyl (C=O) groups excluding carboxylic acids is 2. The first kappa shape index (κ1) is 19.3. The van der Waals surface area contributed by atoms with Gasteiger partial charge < -0.3 is 16.2 Å². The van der Waals surface area contributed by atoms with Gasteiger partial charge in [-0.25, -0.2) is 0 Å². The van der Waals surface area contributed by atoms with Crippen LogP contribution >= 0.6 is 11.3 Å². The van der Waals surface area contributed by atoms with Gasteiger partial charge in [-0.2, -0.15) is 0 Å². The van der Waals surface area contributed by atoms with Gasteiger partial charge in [0, 0.05) is 4.88 Å². The Hall–Kier alpha value is -2.67. The first-order chi connectivity index (χ1) is 14.5. The zero-order valence-corrected chi connectivity index (χ0v) is 17.3. The van der Waals surface area contributed by atoms with Gasteiger partial charge in [0.05, 0.1) is 17.4 Å². The molecule has 4 aliphatic rings. The number of benzene rings is 1. The molecule has 1 aromatic carbocycles. The van der Waals surface area contributed by atoms with E-state index >= 15 is 0 Å². The minimum Gasteiger partial charge on any atom is -0.481 e. The first-order valence-electron chi connectivity index (χ1n) is 10.5. The molecule has 0 aliphatic heterocycles. The number of anilines is 1. The lowest BCUT2D eigenvalue weighted by molar-refractivity contribution is -0.156. The van der Waals surface area contributed by atoms with Gasteiger partial charge in [-0.3, -0.25) is 14.4 Å². The first-order valence-corrected chi connectivity index (χ1v) is 11.3. The molecule has 3 fully saturated rings. The third-order valence-electron chi connectivity index (χ3n) is 7.20. The molecule has 6 rings (SSSR count). The maximum atomic E-state index is 13.3. The highest BCUT2D eigenvalue weighted by molar-refractivity contribution is 7.20. The predicted molar refractivity (Wildman–Crippen MR) is 114 cm³/mol. The second kappa shape index (κ2) is 7.23. The summed E-state index contributed by atoms with van der Waals surface area (Å²) in [7, 11) is 0. The summed E-state index contributed by atoms with van der Waals surface area (Å²) >= 11 is 1.37. The monoisotopic (exact) mass is 424 g/mol. The SMILES string of the molecule is NC(=O)c1c(NC(=O)[C@@H]2C3CCC(CC3)[C@H]2C(=O)O)sc2c1CCc1ccccc1-2. The lowest BCUT2D eigenvalue weighted by atomic mass is 9.58. The number of amides is 2. The second-order valence-electron chi connectivity index (χ2n) is 8.69. The van der Waals surface area contributed by atoms with E-state index in [2.05, 4.69) is 11.4 Å². The second-order valence-corrected chi connectivity index (χ2v) is 9.71. The number of aliphatic carboxylic acids is 1. The molecule has 2 bridgehead atoms. The molecule has 2 aromatic rings. The Morgan fingerprint density at radius 2 is 1.67 bits per heavy atom. The number of primary amides is 1. The Kier molecular flexibility index (Phi) is 4.65. The van der Waals surface area contributed by atoms with Crippen molar-refractivity contribution in [3.05, 3.63) is 41.0 Å². The highest BCUT2D eigenvalue weighted by Crippen LogP contribution is 2.50. The van der Waals surface area contributed by atoms with E-state index in [0.717, 1.165) is 48.1 Å². The van der Waals surface area contributed by atoms with Crippen LogP contribution in [0.1, 0.15) is 47.2 Å². The molecular weight excluding hydrogens is 400 g/mol. The van der Waals surface area contributed by atoms with Gasteiger partial charge in [0.15, 0.2) is 0 Å². The third kappa shape index (κ3) is 2.95. The molecule has 3 saturated carbocycles. The van der Waals surface area contributed by atoms with Crippen LogP contribution in [-0.4, -0.2) is 22.9 Å². The average molecular weight is 425 g/mol. The quantitative estimate of drug-likeness (QED) is 0.695. The van der Waals surface area contributed by atoms with E-state index in [0.29, 0.717) is 17.0 Å². The third-order valence-corrected chi connectivity index (χ3v) is 8.38. The fraction of sp³-hybridized carbons (Fsp3) is 0.435. The average Bonchev–Trinajstić information content (AvgIpc) is 3.12. The summed E-state index contributed by atoms with van der Waals surface area (Å²) in [5.41, 5.74) is 9.28. The molecule has 0 radical (unpaired) electrons. The summed E-state index contributed by atoms with van der Waals surface area (Å²) in [5, 5.41) is 13.2. The molecule has 2 atom stereocenters. The lowest BCUT2D eigenvalue weighted by Gasteiger charge is -2.45. The van der Waals surface area contributed by atoms with Crippen LogP contribution in [-0.2, 0) is 22.4 Å². The largest absolute Gasteiger partial charge is 0.481 e. The van der Waals surface area contributed by atoms with Crippen LogP contribution in [0, 0.1) is 23.7 Å². The zero-order chi connectivity index (χ0) is 21.0. The van der Waals surface area contributed by atoms with E-state index in [1.165, 1.54) is 16.9 Å². The predicted octanol–water partition coefficient (Wildman–Crippen LogP) is 3.69. The number of rotatable bonds is 4. The molecule has 4 N–H and O–H groups in total. The number of hydrogen-bond acceptors (Lipinski definition) is 4. The zero-order valence-electron chi connectivity index (χ0n) is 16.5. The Balaban J connectivity index is 1.51. The fourth-order valence-electron chi connectivity index (χ4n) is 5.87. The number of carboxylic acids is 1. The summed E-state index contributed by atoms with van der Waals surface area (Å²) < 4.78 is 0. The molecule has 6 nitrogen and oxygen atoms in total. The van der Waals surface area contributed by atoms with Crippen molar-refractivity contribution in [2.75, 3.05) is 5.32 Å². The Morgan fingerprint density at radius 1 is 1.00 bits per heavy atom. The van der Waals surface area contributed by atoms with E-state index in [1.807, 2.05) is 18.2 Å². The van der Waals surface area contributed by atoms with Crippen LogP contribution in [0.15, 0.2) is 24.3 Å². The molecular formula is C23H24N2O4S. The van der Waals surface area contributed by atoms with Crippen molar-refractivity contribution in [3.63, 3.8) is 0 Å². The van der Waals surface area contributed by atoms with E-state index in [9.17, 15) is 19.5 Å². The molecule has 0 unspecified atom stereocenters. The topological polar surface area (TPSA) is 109 Å². The molecule has 1 heterocycles. The van der Waals surface area contributed by atoms with Gasteiger partial charge in [0.2, 0.25) is 5.91 Å². The van der Waals surface area contributed by atoms with Gasteiger partial charge in [-0.1, -0.05) is 24.3 Å². The van der Waals surface area contributed by atoms with Crippen molar-refractivity contribution < 1.29 is 19.5 Å². The van der Waals surface area contributed by atoms with Crippen molar-refractivity contribution in [1.82, 2.24) is 0 Å². The lowest BCUT2D eigenvalue weighted by Crippen LogP contribution is -2.49. The van der Waals surface area contributed by atoms with Crippen molar-refractivity contribution in [3.8, 4) is 10.4 Å². The number of fused-ring (bicyclic) bond motifs is 6. The summed E-state index contributed by atoms with van der Waals surface area (Å²) in [5.74, 6) is -2.79. The molecule has 156 valence electrons. The number of carbonyl (C=O) groups is 3. The Labute approximate surface area is 178 Å². The minimum absolute atomic E-state index is 0.0577. The maximum absolute atomic E-state index is 13.3. The van der Waals surface area contributed by atoms with E-state index in [4.69, 9.17) is 5.73 Å². The Bertz CT molecular complexity index is 1050. The fourth-order valence-corrected chi connectivity index (χ4v) is 7.18. The van der Waals surface area contributed by atoms with E-state index < -0.39 is 23.7 Å². The van der Waals surface area contributed by atoms with Crippen molar-refractivity contribution in [1.29, 1.82) is 0 Å². The van der Waals surface area contributed by atoms with Gasteiger partial charge in [0.1, 0.15) is 5.00 Å². The van der Waals surface area contributed by atoms with Crippen LogP contribution < -0.4 is 11.1 Å². The number of aryl methyl sites for hydroxylation is 1. The summed E-state index contributed by atoms with van der Waals surface area (Å²) in [6, 6.07) is 8.07. The van der Waals surface area contributed by atoms with Gasteiger partial charge in [0.25, 0.3) is 5.91 Å². The Morgan fingerprint density at radius 3 is 2.33 bits per heavy atom. The molecule has 30 heavy (non-hydrogen) atoms. The molecule has 1 aromatic heterocycles. The number of carboxylic acid groups (broad SMARTS) is 1. The van der Waals surface area contributed by atoms with Gasteiger partial charge >= 0.3 is 5.97 Å². The number of thiophene rings is 1. The van der Waals surface area contributed by atoms with Crippen LogP contribution in [0.3, 0.4) is 0 Å². The van der Waals surface area contributed by atoms with Crippen molar-refractivity contribution >= 4 is 34.1 Å². The highest BCUT2D eigenvalue weighted by Gasteiger charge is 2.50. The van der Waals surface area contributed by atoms with Crippen molar-refractivity contribution in [2.24, 2.45) is 29.4 Å². The number of nitrogens with two attached hydrogens (primary N) is 1. The summed E-state index contributed by atoms with van der Waals surface area (Å²) in [4.78, 5) is 38.5. The van der Waals surface area contributed by atoms with Gasteiger partial charge in [-0.15, -0.1) is 11.3 Å². The molecule has 7 heteroatoms. The van der Waals surface area contributed by atoms with Crippen LogP contribution in [0.4, 0.5) is 5.00 Å². The van der Waals surface area contributed by atoms with Crippen LogP contribution in [0.2, 0.25) is 0 Å². The normalized spacial score (nSPS) is 26.5. The van der Waals surface area contributed by atoms with Crippen LogP contribution in [0.25, 0.3) is 10.4 Å².